The summed E-state index contributed by atoms with van der Waals surface area (Å²) < 4.78 is 0. The summed E-state index contributed by atoms with van der Waals surface area (Å²) in [4.78, 5) is 4.52. The number of anilines is 1. The van der Waals surface area contributed by atoms with Crippen LogP contribution in [0.15, 0.2) is 65.1 Å². The smallest absolute Gasteiger partial charge is 0.203 e. The molecule has 0 aliphatic heterocycles. The maximum absolute atomic E-state index is 9.29. The normalized spacial score (nSPS) is 11.4. The molecule has 1 heterocycles. The van der Waals surface area contributed by atoms with Gasteiger partial charge in [-0.15, -0.1) is 11.3 Å². The van der Waals surface area contributed by atoms with E-state index in [0.29, 0.717) is 0 Å². The van der Waals surface area contributed by atoms with Gasteiger partial charge in [-0.05, 0) is 36.8 Å². The molecule has 0 bridgehead atoms. The maximum Gasteiger partial charge on any atom is 0.203 e. The predicted molar refractivity (Wildman–Crippen MR) is 91.5 cm³/mol. The Kier molecular flexibility index (Phi) is 4.16. The first-order chi connectivity index (χ1) is 10.7. The van der Waals surface area contributed by atoms with Crippen LogP contribution in [0.1, 0.15) is 12.5 Å². The van der Waals surface area contributed by atoms with E-state index in [4.69, 9.17) is 0 Å². The van der Waals surface area contributed by atoms with Crippen LogP contribution in [0, 0.1) is 0 Å². The molecule has 0 aliphatic carbocycles. The molecular formula is C17H15N3OS. The van der Waals surface area contributed by atoms with E-state index in [1.807, 2.05) is 54.8 Å². The molecule has 4 nitrogen and oxygen atoms in total. The van der Waals surface area contributed by atoms with Crippen molar-refractivity contribution in [3.8, 4) is 17.0 Å². The van der Waals surface area contributed by atoms with Gasteiger partial charge in [-0.2, -0.15) is 5.10 Å². The van der Waals surface area contributed by atoms with E-state index in [2.05, 4.69) is 15.5 Å². The molecule has 0 atom stereocenters. The van der Waals surface area contributed by atoms with Crippen LogP contribution in [-0.2, 0) is 0 Å². The first-order valence-corrected chi connectivity index (χ1v) is 7.71. The number of nitrogens with one attached hydrogen (secondary N) is 1. The van der Waals surface area contributed by atoms with Crippen LogP contribution in [0.25, 0.3) is 11.3 Å². The van der Waals surface area contributed by atoms with Gasteiger partial charge in [0.1, 0.15) is 5.75 Å². The fraction of sp³-hybridized carbons (Fsp3) is 0.0588. The summed E-state index contributed by atoms with van der Waals surface area (Å²) in [6, 6.07) is 17.0. The molecule has 0 unspecified atom stereocenters. The highest BCUT2D eigenvalue weighted by Gasteiger charge is 2.04. The van der Waals surface area contributed by atoms with Gasteiger partial charge >= 0.3 is 0 Å². The van der Waals surface area contributed by atoms with Crippen LogP contribution < -0.4 is 5.43 Å². The summed E-state index contributed by atoms with van der Waals surface area (Å²) in [6.45, 7) is 1.91. The maximum atomic E-state index is 9.29. The van der Waals surface area contributed by atoms with Gasteiger partial charge in [0.05, 0.1) is 11.4 Å². The number of aromatic nitrogens is 1. The Labute approximate surface area is 132 Å². The lowest BCUT2D eigenvalue weighted by Crippen LogP contribution is -1.99. The van der Waals surface area contributed by atoms with E-state index in [1.165, 1.54) is 11.3 Å². The largest absolute Gasteiger partial charge is 0.508 e. The van der Waals surface area contributed by atoms with Gasteiger partial charge in [0.2, 0.25) is 5.13 Å². The highest BCUT2D eigenvalue weighted by atomic mass is 32.1. The molecule has 2 N–H and O–H groups in total. The number of benzene rings is 2. The van der Waals surface area contributed by atoms with Crippen LogP contribution >= 0.6 is 11.3 Å². The monoisotopic (exact) mass is 309 g/mol. The molecular weight excluding hydrogens is 294 g/mol. The molecule has 0 saturated carbocycles. The van der Waals surface area contributed by atoms with Gasteiger partial charge in [0.25, 0.3) is 0 Å². The first kappa shape index (κ1) is 14.3. The Bertz CT molecular complexity index is 779. The third-order valence-electron chi connectivity index (χ3n) is 3.18. The Balaban J connectivity index is 1.73. The van der Waals surface area contributed by atoms with Crippen molar-refractivity contribution >= 4 is 22.2 Å². The molecule has 22 heavy (non-hydrogen) atoms. The molecule has 110 valence electrons. The van der Waals surface area contributed by atoms with Crippen molar-refractivity contribution in [1.29, 1.82) is 0 Å². The van der Waals surface area contributed by atoms with Crippen molar-refractivity contribution in [3.05, 3.63) is 65.5 Å². The lowest BCUT2D eigenvalue weighted by molar-refractivity contribution is 0.475. The van der Waals surface area contributed by atoms with E-state index in [0.717, 1.165) is 27.7 Å². The Morgan fingerprint density at radius 2 is 1.82 bits per heavy atom. The number of aromatic hydroxyl groups is 1. The minimum atomic E-state index is 0.247. The molecule has 3 aromatic rings. The molecule has 3 rings (SSSR count). The second-order valence-corrected chi connectivity index (χ2v) is 5.62. The molecule has 0 aliphatic rings. The third-order valence-corrected chi connectivity index (χ3v) is 3.93. The molecule has 2 aromatic carbocycles. The van der Waals surface area contributed by atoms with E-state index in [-0.39, 0.29) is 5.75 Å². The fourth-order valence-electron chi connectivity index (χ4n) is 1.97. The molecule has 0 amide bonds. The van der Waals surface area contributed by atoms with Gasteiger partial charge < -0.3 is 5.11 Å². The number of phenols is 1. The molecule has 0 saturated heterocycles. The van der Waals surface area contributed by atoms with Crippen LogP contribution in [0.2, 0.25) is 0 Å². The Morgan fingerprint density at radius 1 is 1.09 bits per heavy atom. The number of hydrazone groups is 1. The van der Waals surface area contributed by atoms with Gasteiger partial charge in [-0.1, -0.05) is 30.3 Å². The van der Waals surface area contributed by atoms with Crippen molar-refractivity contribution in [2.75, 3.05) is 5.43 Å². The van der Waals surface area contributed by atoms with Gasteiger partial charge in [-0.3, -0.25) is 5.43 Å². The minimum absolute atomic E-state index is 0.247. The average molecular weight is 309 g/mol. The number of hydrogen-bond donors (Lipinski definition) is 2. The van der Waals surface area contributed by atoms with Crippen LogP contribution in [0.3, 0.4) is 0 Å². The summed E-state index contributed by atoms with van der Waals surface area (Å²) in [5, 5.41) is 16.4. The van der Waals surface area contributed by atoms with E-state index in [9.17, 15) is 5.11 Å². The standard InChI is InChI=1S/C17H15N3OS/c1-12(13-7-9-15(21)10-8-13)19-20-17-18-16(11-22-17)14-5-3-2-4-6-14/h2-11,21H,1H3,(H,18,20). The van der Waals surface area contributed by atoms with E-state index < -0.39 is 0 Å². The number of rotatable bonds is 4. The lowest BCUT2D eigenvalue weighted by Gasteiger charge is -2.01. The van der Waals surface area contributed by atoms with Gasteiger partial charge in [0.15, 0.2) is 0 Å². The Morgan fingerprint density at radius 3 is 2.55 bits per heavy atom. The van der Waals surface area contributed by atoms with Gasteiger partial charge in [-0.25, -0.2) is 4.98 Å². The number of nitrogens with zero attached hydrogens (tertiary/aromatic N) is 2. The Hall–Kier alpha value is -2.66. The summed E-state index contributed by atoms with van der Waals surface area (Å²) in [7, 11) is 0. The minimum Gasteiger partial charge on any atom is -0.508 e. The quantitative estimate of drug-likeness (QED) is 0.556. The van der Waals surface area contributed by atoms with Crippen molar-refractivity contribution in [3.63, 3.8) is 0 Å². The fourth-order valence-corrected chi connectivity index (χ4v) is 2.63. The van der Waals surface area contributed by atoms with E-state index in [1.54, 1.807) is 12.1 Å². The summed E-state index contributed by atoms with van der Waals surface area (Å²) in [6.07, 6.45) is 0. The topological polar surface area (TPSA) is 57.5 Å². The van der Waals surface area contributed by atoms with Crippen molar-refractivity contribution < 1.29 is 5.11 Å². The molecule has 0 spiro atoms. The molecule has 0 radical (unpaired) electrons. The van der Waals surface area contributed by atoms with Crippen molar-refractivity contribution in [2.45, 2.75) is 6.92 Å². The average Bonchev–Trinajstić information content (AvgIpc) is 3.03. The van der Waals surface area contributed by atoms with Crippen molar-refractivity contribution in [1.82, 2.24) is 4.98 Å². The molecule has 5 heteroatoms. The van der Waals surface area contributed by atoms with Gasteiger partial charge in [0, 0.05) is 10.9 Å². The highest BCUT2D eigenvalue weighted by Crippen LogP contribution is 2.24. The van der Waals surface area contributed by atoms with Crippen molar-refractivity contribution in [2.24, 2.45) is 5.10 Å². The van der Waals surface area contributed by atoms with E-state index >= 15 is 0 Å². The SMILES string of the molecule is CC(=NNc1nc(-c2ccccc2)cs1)c1ccc(O)cc1. The number of thiazole rings is 1. The van der Waals surface area contributed by atoms with Crippen LogP contribution in [-0.4, -0.2) is 15.8 Å². The first-order valence-electron chi connectivity index (χ1n) is 6.83. The second-order valence-electron chi connectivity index (χ2n) is 4.76. The summed E-state index contributed by atoms with van der Waals surface area (Å²) in [5.74, 6) is 0.247. The number of phenolic OH excluding ortho intramolecular Hbond substituents is 1. The molecule has 0 fully saturated rings. The van der Waals surface area contributed by atoms with Crippen LogP contribution in [0.4, 0.5) is 5.13 Å². The molecule has 1 aromatic heterocycles. The predicted octanol–water partition coefficient (Wildman–Crippen LogP) is 4.35. The summed E-state index contributed by atoms with van der Waals surface area (Å²) >= 11 is 1.51. The van der Waals surface area contributed by atoms with Crippen LogP contribution in [0.5, 0.6) is 5.75 Å². The summed E-state index contributed by atoms with van der Waals surface area (Å²) in [5.41, 5.74) is 6.78. The zero-order chi connectivity index (χ0) is 15.4. The number of hydrogen-bond acceptors (Lipinski definition) is 5. The highest BCUT2D eigenvalue weighted by molar-refractivity contribution is 7.14. The lowest BCUT2D eigenvalue weighted by atomic mass is 10.1. The zero-order valence-electron chi connectivity index (χ0n) is 12.0. The second kappa shape index (κ2) is 6.41. The zero-order valence-corrected chi connectivity index (χ0v) is 12.8. The third kappa shape index (κ3) is 3.32.